The Bertz CT molecular complexity index is 758. The van der Waals surface area contributed by atoms with Gasteiger partial charge in [-0.25, -0.2) is 4.39 Å². The van der Waals surface area contributed by atoms with Gasteiger partial charge in [-0.05, 0) is 54.8 Å². The standard InChI is InChI=1S/C21H24FNO2/c1-23(11-3-5-16-8-10-20(24-2)19(22)13-16)15-17-7-9-18-6-4-12-25-21(18)14-17/h3,5,7-10,13-14H,4,6,11-12,15H2,1-2H3. The van der Waals surface area contributed by atoms with E-state index in [1.54, 1.807) is 6.07 Å². The van der Waals surface area contributed by atoms with Gasteiger partial charge in [-0.2, -0.15) is 0 Å². The van der Waals surface area contributed by atoms with Gasteiger partial charge in [0.15, 0.2) is 11.6 Å². The minimum absolute atomic E-state index is 0.267. The number of hydrogen-bond donors (Lipinski definition) is 0. The van der Waals surface area contributed by atoms with Crippen molar-refractivity contribution in [2.24, 2.45) is 0 Å². The van der Waals surface area contributed by atoms with Crippen molar-refractivity contribution in [2.45, 2.75) is 19.4 Å². The van der Waals surface area contributed by atoms with Crippen LogP contribution >= 0.6 is 0 Å². The van der Waals surface area contributed by atoms with E-state index in [0.717, 1.165) is 43.9 Å². The molecule has 25 heavy (non-hydrogen) atoms. The second-order valence-corrected chi connectivity index (χ2v) is 6.39. The van der Waals surface area contributed by atoms with Crippen LogP contribution in [0.2, 0.25) is 0 Å². The molecule has 0 unspecified atom stereocenters. The van der Waals surface area contributed by atoms with Crippen molar-refractivity contribution >= 4 is 6.08 Å². The molecule has 3 nitrogen and oxygen atoms in total. The number of fused-ring (bicyclic) bond motifs is 1. The van der Waals surface area contributed by atoms with Crippen molar-refractivity contribution in [3.63, 3.8) is 0 Å². The fourth-order valence-corrected chi connectivity index (χ4v) is 3.01. The largest absolute Gasteiger partial charge is 0.494 e. The first-order valence-electron chi connectivity index (χ1n) is 8.59. The van der Waals surface area contributed by atoms with Gasteiger partial charge in [0.2, 0.25) is 0 Å². The maximum atomic E-state index is 13.7. The molecule has 2 aromatic carbocycles. The highest BCUT2D eigenvalue weighted by atomic mass is 19.1. The highest BCUT2D eigenvalue weighted by Gasteiger charge is 2.11. The number of aryl methyl sites for hydroxylation is 1. The molecule has 0 amide bonds. The Balaban J connectivity index is 1.55. The van der Waals surface area contributed by atoms with Crippen LogP contribution in [-0.2, 0) is 13.0 Å². The highest BCUT2D eigenvalue weighted by molar-refractivity contribution is 5.51. The third-order valence-electron chi connectivity index (χ3n) is 4.34. The van der Waals surface area contributed by atoms with Crippen molar-refractivity contribution in [2.75, 3.05) is 27.3 Å². The molecule has 2 aromatic rings. The number of nitrogens with zero attached hydrogens (tertiary/aromatic N) is 1. The number of ether oxygens (including phenoxy) is 2. The van der Waals surface area contributed by atoms with E-state index < -0.39 is 0 Å². The fraction of sp³-hybridized carbons (Fsp3) is 0.333. The first kappa shape index (κ1) is 17.5. The summed E-state index contributed by atoms with van der Waals surface area (Å²) in [7, 11) is 3.54. The topological polar surface area (TPSA) is 21.7 Å². The Morgan fingerprint density at radius 3 is 2.92 bits per heavy atom. The SMILES string of the molecule is COc1ccc(C=CCN(C)Cc2ccc3c(c2)OCCC3)cc1F. The quantitative estimate of drug-likeness (QED) is 0.782. The normalized spacial score (nSPS) is 13.8. The molecule has 1 aliphatic rings. The lowest BCUT2D eigenvalue weighted by Gasteiger charge is -2.20. The minimum atomic E-state index is -0.341. The highest BCUT2D eigenvalue weighted by Crippen LogP contribution is 2.26. The molecule has 0 radical (unpaired) electrons. The van der Waals surface area contributed by atoms with Gasteiger partial charge in [0, 0.05) is 13.1 Å². The first-order valence-corrected chi connectivity index (χ1v) is 8.59. The monoisotopic (exact) mass is 341 g/mol. The van der Waals surface area contributed by atoms with Gasteiger partial charge in [0.1, 0.15) is 5.75 Å². The molecule has 0 aromatic heterocycles. The zero-order valence-corrected chi connectivity index (χ0v) is 14.8. The van der Waals surface area contributed by atoms with Gasteiger partial charge < -0.3 is 9.47 Å². The number of benzene rings is 2. The number of likely N-dealkylation sites (N-methyl/N-ethyl adjacent to an activating group) is 1. The lowest BCUT2D eigenvalue weighted by Crippen LogP contribution is -2.18. The molecule has 1 aliphatic heterocycles. The van der Waals surface area contributed by atoms with Crippen LogP contribution in [0.4, 0.5) is 4.39 Å². The lowest BCUT2D eigenvalue weighted by atomic mass is 10.0. The second kappa shape index (κ2) is 8.17. The molecule has 0 spiro atoms. The zero-order chi connectivity index (χ0) is 17.6. The van der Waals surface area contributed by atoms with Crippen LogP contribution in [-0.4, -0.2) is 32.2 Å². The molecule has 0 bridgehead atoms. The van der Waals surface area contributed by atoms with Crippen LogP contribution in [0.1, 0.15) is 23.1 Å². The average Bonchev–Trinajstić information content (AvgIpc) is 2.62. The third-order valence-corrected chi connectivity index (χ3v) is 4.34. The molecular formula is C21H24FNO2. The summed E-state index contributed by atoms with van der Waals surface area (Å²) in [6, 6.07) is 11.5. The first-order chi connectivity index (χ1) is 12.2. The summed E-state index contributed by atoms with van der Waals surface area (Å²) in [5.41, 5.74) is 3.38. The summed E-state index contributed by atoms with van der Waals surface area (Å²) in [5.74, 6) is 0.956. The van der Waals surface area contributed by atoms with Crippen LogP contribution in [0.15, 0.2) is 42.5 Å². The van der Waals surface area contributed by atoms with E-state index >= 15 is 0 Å². The maximum absolute atomic E-state index is 13.7. The summed E-state index contributed by atoms with van der Waals surface area (Å²) in [6.07, 6.45) is 6.17. The summed E-state index contributed by atoms with van der Waals surface area (Å²) < 4.78 is 24.3. The van der Waals surface area contributed by atoms with E-state index in [9.17, 15) is 4.39 Å². The summed E-state index contributed by atoms with van der Waals surface area (Å²) >= 11 is 0. The molecule has 0 N–H and O–H groups in total. The molecule has 0 atom stereocenters. The Morgan fingerprint density at radius 1 is 1.24 bits per heavy atom. The summed E-state index contributed by atoms with van der Waals surface area (Å²) in [4.78, 5) is 2.21. The van der Waals surface area contributed by atoms with Crippen molar-refractivity contribution in [3.8, 4) is 11.5 Å². The van der Waals surface area contributed by atoms with Gasteiger partial charge in [0.25, 0.3) is 0 Å². The molecular weight excluding hydrogens is 317 g/mol. The fourth-order valence-electron chi connectivity index (χ4n) is 3.01. The summed E-state index contributed by atoms with van der Waals surface area (Å²) in [5, 5.41) is 0. The number of halogens is 1. The van der Waals surface area contributed by atoms with Crippen LogP contribution in [0.5, 0.6) is 11.5 Å². The predicted molar refractivity (Wildman–Crippen MR) is 98.6 cm³/mol. The molecule has 132 valence electrons. The molecule has 0 aliphatic carbocycles. The smallest absolute Gasteiger partial charge is 0.165 e. The molecule has 0 saturated carbocycles. The third kappa shape index (κ3) is 4.60. The van der Waals surface area contributed by atoms with E-state index in [2.05, 4.69) is 30.1 Å². The van der Waals surface area contributed by atoms with Crippen LogP contribution < -0.4 is 9.47 Å². The maximum Gasteiger partial charge on any atom is 0.165 e. The Morgan fingerprint density at radius 2 is 2.12 bits per heavy atom. The van der Waals surface area contributed by atoms with Crippen molar-refractivity contribution in [1.82, 2.24) is 4.90 Å². The number of hydrogen-bond acceptors (Lipinski definition) is 3. The molecule has 1 heterocycles. The molecule has 3 rings (SSSR count). The Kier molecular flexibility index (Phi) is 5.71. The van der Waals surface area contributed by atoms with E-state index in [4.69, 9.17) is 9.47 Å². The van der Waals surface area contributed by atoms with Crippen LogP contribution in [0.3, 0.4) is 0 Å². The van der Waals surface area contributed by atoms with Crippen molar-refractivity contribution < 1.29 is 13.9 Å². The van der Waals surface area contributed by atoms with E-state index in [-0.39, 0.29) is 11.6 Å². The predicted octanol–water partition coefficient (Wildman–Crippen LogP) is 4.30. The second-order valence-electron chi connectivity index (χ2n) is 6.39. The minimum Gasteiger partial charge on any atom is -0.494 e. The van der Waals surface area contributed by atoms with Gasteiger partial charge in [-0.3, -0.25) is 4.90 Å². The van der Waals surface area contributed by atoms with Gasteiger partial charge in [-0.1, -0.05) is 30.4 Å². The molecule has 0 fully saturated rings. The van der Waals surface area contributed by atoms with Gasteiger partial charge in [0.05, 0.1) is 13.7 Å². The zero-order valence-electron chi connectivity index (χ0n) is 14.8. The van der Waals surface area contributed by atoms with Gasteiger partial charge in [-0.15, -0.1) is 0 Å². The Hall–Kier alpha value is -2.33. The lowest BCUT2D eigenvalue weighted by molar-refractivity contribution is 0.287. The van der Waals surface area contributed by atoms with Crippen LogP contribution in [0.25, 0.3) is 6.08 Å². The van der Waals surface area contributed by atoms with Crippen molar-refractivity contribution in [3.05, 3.63) is 65.0 Å². The average molecular weight is 341 g/mol. The summed E-state index contributed by atoms with van der Waals surface area (Å²) in [6.45, 7) is 2.44. The molecule has 4 heteroatoms. The van der Waals surface area contributed by atoms with Gasteiger partial charge >= 0.3 is 0 Å². The van der Waals surface area contributed by atoms with E-state index in [1.165, 1.54) is 24.3 Å². The van der Waals surface area contributed by atoms with E-state index in [1.807, 2.05) is 18.2 Å². The van der Waals surface area contributed by atoms with Crippen molar-refractivity contribution in [1.29, 1.82) is 0 Å². The van der Waals surface area contributed by atoms with Crippen LogP contribution in [0, 0.1) is 5.82 Å². The Labute approximate surface area is 148 Å². The number of rotatable bonds is 6. The molecule has 0 saturated heterocycles. The van der Waals surface area contributed by atoms with E-state index in [0.29, 0.717) is 0 Å². The number of methoxy groups -OCH3 is 1.